The third-order valence-electron chi connectivity index (χ3n) is 2.96. The fraction of sp³-hybridized carbons (Fsp3) is 0. The second-order valence-corrected chi connectivity index (χ2v) is 4.24. The average molecular weight is 252 g/mol. The number of hydrogen-bond acceptors (Lipinski definition) is 4. The van der Waals surface area contributed by atoms with Crippen LogP contribution in [0.3, 0.4) is 0 Å². The summed E-state index contributed by atoms with van der Waals surface area (Å²) in [5.41, 5.74) is 1.81. The van der Waals surface area contributed by atoms with Crippen molar-refractivity contribution in [2.45, 2.75) is 0 Å². The van der Waals surface area contributed by atoms with E-state index < -0.39 is 5.03 Å². The summed E-state index contributed by atoms with van der Waals surface area (Å²) in [7, 11) is 0. The standard InChI is InChI=1S/C14H10N3O2/c1-3-7-13-11(5-1)9-15-17(18-13)16-10-12-6-2-4-8-14(12)19-17/h1-10H/q+1. The molecule has 4 rings (SSSR count). The first kappa shape index (κ1) is 10.3. The molecule has 2 aliphatic rings. The second-order valence-electron chi connectivity index (χ2n) is 4.24. The summed E-state index contributed by atoms with van der Waals surface area (Å²) in [6.07, 6.45) is 3.40. The summed E-state index contributed by atoms with van der Waals surface area (Å²) >= 11 is 0. The van der Waals surface area contributed by atoms with E-state index in [9.17, 15) is 0 Å². The van der Waals surface area contributed by atoms with Crippen LogP contribution in [0.1, 0.15) is 11.1 Å². The molecule has 2 heterocycles. The van der Waals surface area contributed by atoms with Crippen LogP contribution in [0.5, 0.6) is 11.5 Å². The smallest absolute Gasteiger partial charge is 0.211 e. The fourth-order valence-electron chi connectivity index (χ4n) is 2.01. The largest absolute Gasteiger partial charge is 0.287 e. The van der Waals surface area contributed by atoms with Gasteiger partial charge in [-0.15, -0.1) is 0 Å². The highest BCUT2D eigenvalue weighted by molar-refractivity contribution is 5.84. The Balaban J connectivity index is 1.76. The third-order valence-corrected chi connectivity index (χ3v) is 2.96. The normalized spacial score (nSPS) is 17.3. The number of rotatable bonds is 0. The third kappa shape index (κ3) is 1.60. The number of nitrogens with zero attached hydrogens (tertiary/aromatic N) is 3. The Kier molecular flexibility index (Phi) is 1.98. The van der Waals surface area contributed by atoms with E-state index in [1.807, 2.05) is 48.5 Å². The Morgan fingerprint density at radius 1 is 0.684 bits per heavy atom. The molecule has 2 aromatic rings. The van der Waals surface area contributed by atoms with Crippen molar-refractivity contribution >= 4 is 12.4 Å². The van der Waals surface area contributed by atoms with Crippen molar-refractivity contribution < 1.29 is 14.7 Å². The summed E-state index contributed by atoms with van der Waals surface area (Å²) in [4.78, 5) is 11.5. The minimum atomic E-state index is -0.589. The van der Waals surface area contributed by atoms with Crippen molar-refractivity contribution in [3.63, 3.8) is 0 Å². The molecule has 0 N–H and O–H groups in total. The molecule has 19 heavy (non-hydrogen) atoms. The minimum Gasteiger partial charge on any atom is -0.211 e. The van der Waals surface area contributed by atoms with Crippen molar-refractivity contribution in [2.24, 2.45) is 10.2 Å². The summed E-state index contributed by atoms with van der Waals surface area (Å²) in [5.74, 6) is 1.38. The maximum absolute atomic E-state index is 5.74. The van der Waals surface area contributed by atoms with Gasteiger partial charge in [0, 0.05) is 21.3 Å². The lowest BCUT2D eigenvalue weighted by molar-refractivity contribution is -1.22. The van der Waals surface area contributed by atoms with Crippen LogP contribution in [-0.4, -0.2) is 17.5 Å². The number of para-hydroxylation sites is 2. The summed E-state index contributed by atoms with van der Waals surface area (Å²) in [6, 6.07) is 15.2. The molecule has 5 heteroatoms. The fourth-order valence-corrected chi connectivity index (χ4v) is 2.01. The van der Waals surface area contributed by atoms with Gasteiger partial charge in [0.25, 0.3) is 5.03 Å². The van der Waals surface area contributed by atoms with E-state index in [0.717, 1.165) is 11.1 Å². The molecule has 0 saturated carbocycles. The molecular weight excluding hydrogens is 242 g/mol. The first-order chi connectivity index (χ1) is 9.35. The van der Waals surface area contributed by atoms with Gasteiger partial charge >= 0.3 is 0 Å². The van der Waals surface area contributed by atoms with Crippen LogP contribution in [0.25, 0.3) is 0 Å². The highest BCUT2D eigenvalue weighted by Crippen LogP contribution is 2.32. The van der Waals surface area contributed by atoms with Crippen molar-refractivity contribution in [3.8, 4) is 11.5 Å². The van der Waals surface area contributed by atoms with Gasteiger partial charge in [0.05, 0.1) is 0 Å². The lowest BCUT2D eigenvalue weighted by Crippen LogP contribution is -2.47. The molecule has 0 amide bonds. The highest BCUT2D eigenvalue weighted by Gasteiger charge is 2.41. The van der Waals surface area contributed by atoms with E-state index >= 15 is 0 Å². The lowest BCUT2D eigenvalue weighted by Gasteiger charge is -2.25. The summed E-state index contributed by atoms with van der Waals surface area (Å²) < 4.78 is 0. The van der Waals surface area contributed by atoms with Gasteiger partial charge in [0.15, 0.2) is 0 Å². The molecule has 0 fully saturated rings. The van der Waals surface area contributed by atoms with Gasteiger partial charge in [-0.2, -0.15) is 0 Å². The minimum absolute atomic E-state index is 0.589. The molecule has 2 aromatic carbocycles. The predicted octanol–water partition coefficient (Wildman–Crippen LogP) is 2.49. The topological polar surface area (TPSA) is 43.2 Å². The van der Waals surface area contributed by atoms with E-state index in [2.05, 4.69) is 10.2 Å². The van der Waals surface area contributed by atoms with Crippen LogP contribution in [0, 0.1) is 0 Å². The number of fused-ring (bicyclic) bond motifs is 2. The van der Waals surface area contributed by atoms with Gasteiger partial charge in [-0.1, -0.05) is 24.3 Å². The van der Waals surface area contributed by atoms with Crippen molar-refractivity contribution in [3.05, 3.63) is 59.7 Å². The molecule has 0 radical (unpaired) electrons. The van der Waals surface area contributed by atoms with Crippen LogP contribution in [0.4, 0.5) is 0 Å². The Morgan fingerprint density at radius 2 is 1.16 bits per heavy atom. The monoisotopic (exact) mass is 252 g/mol. The Bertz CT molecular complexity index is 648. The molecule has 0 aromatic heterocycles. The van der Waals surface area contributed by atoms with Crippen LogP contribution < -0.4 is 9.68 Å². The molecule has 0 saturated heterocycles. The Hall–Kier alpha value is -2.66. The number of quaternary nitrogens is 1. The SMILES string of the molecule is C1=N[N+]2(N=Cc3ccccc3O2)Oc2ccccc21. The van der Waals surface area contributed by atoms with Gasteiger partial charge in [-0.25, -0.2) is 9.68 Å². The molecule has 1 spiro atoms. The number of hydrogen-bond donors (Lipinski definition) is 0. The van der Waals surface area contributed by atoms with E-state index in [1.54, 1.807) is 12.4 Å². The van der Waals surface area contributed by atoms with E-state index in [-0.39, 0.29) is 0 Å². The molecule has 92 valence electrons. The van der Waals surface area contributed by atoms with E-state index in [4.69, 9.17) is 9.68 Å². The van der Waals surface area contributed by atoms with Crippen LogP contribution in [0.2, 0.25) is 0 Å². The van der Waals surface area contributed by atoms with Crippen molar-refractivity contribution in [2.75, 3.05) is 0 Å². The zero-order chi connectivity index (χ0) is 12.7. The van der Waals surface area contributed by atoms with Gasteiger partial charge < -0.3 is 0 Å². The first-order valence-corrected chi connectivity index (χ1v) is 5.92. The molecular formula is C14H10N3O2+. The highest BCUT2D eigenvalue weighted by atomic mass is 17.1. The van der Waals surface area contributed by atoms with Gasteiger partial charge in [-0.05, 0) is 24.3 Å². The predicted molar refractivity (Wildman–Crippen MR) is 69.6 cm³/mol. The van der Waals surface area contributed by atoms with E-state index in [1.165, 1.54) is 0 Å². The Morgan fingerprint density at radius 3 is 1.68 bits per heavy atom. The van der Waals surface area contributed by atoms with Crippen LogP contribution in [-0.2, 0) is 0 Å². The molecule has 0 aliphatic carbocycles. The second kappa shape index (κ2) is 3.66. The van der Waals surface area contributed by atoms with Crippen molar-refractivity contribution in [1.82, 2.24) is 0 Å². The van der Waals surface area contributed by atoms with E-state index in [0.29, 0.717) is 11.5 Å². The Labute approximate surface area is 109 Å². The molecule has 0 bridgehead atoms. The zero-order valence-electron chi connectivity index (χ0n) is 9.93. The molecule has 5 nitrogen and oxygen atoms in total. The van der Waals surface area contributed by atoms with Gasteiger partial charge in [-0.3, -0.25) is 0 Å². The van der Waals surface area contributed by atoms with Crippen LogP contribution in [0.15, 0.2) is 58.7 Å². The summed E-state index contributed by atoms with van der Waals surface area (Å²) in [6.45, 7) is 0. The van der Waals surface area contributed by atoms with Gasteiger partial charge in [0.1, 0.15) is 12.4 Å². The number of benzene rings is 2. The van der Waals surface area contributed by atoms with Crippen LogP contribution >= 0.6 is 0 Å². The maximum atomic E-state index is 5.74. The molecule has 0 unspecified atom stereocenters. The quantitative estimate of drug-likeness (QED) is 0.676. The average Bonchev–Trinajstić information content (AvgIpc) is 2.47. The lowest BCUT2D eigenvalue weighted by atomic mass is 10.2. The van der Waals surface area contributed by atoms with Gasteiger partial charge in [0.2, 0.25) is 11.5 Å². The molecule has 2 aliphatic heterocycles. The summed E-state index contributed by atoms with van der Waals surface area (Å²) in [5, 5.41) is 7.87. The molecule has 0 atom stereocenters. The zero-order valence-corrected chi connectivity index (χ0v) is 9.93. The maximum Gasteiger partial charge on any atom is 0.287 e. The van der Waals surface area contributed by atoms with Crippen molar-refractivity contribution in [1.29, 1.82) is 0 Å². The first-order valence-electron chi connectivity index (χ1n) is 5.92.